The molecule has 5 aromatic heterocycles. The molecule has 5 saturated heterocycles. The Morgan fingerprint density at radius 2 is 1.74 bits per heavy atom. The third-order valence-corrected chi connectivity index (χ3v) is 13.2. The normalized spacial score (nSPS) is 24.4. The Hall–Kier alpha value is -6.34. The topological polar surface area (TPSA) is 165 Å². The van der Waals surface area contributed by atoms with E-state index in [0.29, 0.717) is 74.1 Å². The number of nitrogens with one attached hydrogen (secondary N) is 1. The first-order valence-corrected chi connectivity index (χ1v) is 21.1. The number of pyridine rings is 2. The lowest BCUT2D eigenvalue weighted by atomic mass is 9.85. The lowest BCUT2D eigenvalue weighted by Gasteiger charge is -2.57. The summed E-state index contributed by atoms with van der Waals surface area (Å²) < 4.78 is 44.7. The van der Waals surface area contributed by atoms with Crippen LogP contribution in [0.5, 0.6) is 0 Å². The number of methoxy groups -OCH3 is 1. The van der Waals surface area contributed by atoms with Crippen molar-refractivity contribution in [3.05, 3.63) is 72.3 Å². The number of benzene rings is 1. The summed E-state index contributed by atoms with van der Waals surface area (Å²) in [5, 5.41) is 8.65. The van der Waals surface area contributed by atoms with E-state index in [-0.39, 0.29) is 53.8 Å². The number of halogens is 2. The molecule has 5 atom stereocenters. The highest BCUT2D eigenvalue weighted by atomic mass is 19.1. The van der Waals surface area contributed by atoms with E-state index in [1.165, 1.54) is 16.8 Å². The Kier molecular flexibility index (Phi) is 9.29. The van der Waals surface area contributed by atoms with Crippen LogP contribution in [0.3, 0.4) is 0 Å². The second-order valence-corrected chi connectivity index (χ2v) is 16.9. The van der Waals surface area contributed by atoms with Gasteiger partial charge in [0.15, 0.2) is 11.5 Å². The van der Waals surface area contributed by atoms with Gasteiger partial charge < -0.3 is 39.0 Å². The molecule has 6 aliphatic rings. The van der Waals surface area contributed by atoms with Crippen molar-refractivity contribution in [2.75, 3.05) is 62.1 Å². The average molecular weight is 846 g/mol. The highest BCUT2D eigenvalue weighted by molar-refractivity contribution is 5.95. The van der Waals surface area contributed by atoms with Gasteiger partial charge in [0.25, 0.3) is 0 Å². The minimum absolute atomic E-state index is 0.00429. The van der Waals surface area contributed by atoms with E-state index in [2.05, 4.69) is 15.0 Å². The molecule has 11 heterocycles. The number of piperidine rings is 1. The fraction of sp³-hybridized carbons (Fsp3) is 0.442. The van der Waals surface area contributed by atoms with Crippen LogP contribution in [-0.2, 0) is 25.6 Å². The zero-order valence-corrected chi connectivity index (χ0v) is 34.5. The van der Waals surface area contributed by atoms with E-state index in [0.717, 1.165) is 35.8 Å². The van der Waals surface area contributed by atoms with Gasteiger partial charge in [0, 0.05) is 71.4 Å². The van der Waals surface area contributed by atoms with Gasteiger partial charge in [-0.3, -0.25) is 14.6 Å². The number of anilines is 3. The van der Waals surface area contributed by atoms with Crippen molar-refractivity contribution in [2.45, 2.75) is 75.5 Å². The lowest BCUT2D eigenvalue weighted by molar-refractivity contribution is -0.145. The number of aromatic nitrogens is 8. The number of fused-ring (bicyclic) bond motifs is 8. The van der Waals surface area contributed by atoms with Crippen molar-refractivity contribution in [2.24, 2.45) is 0 Å². The van der Waals surface area contributed by atoms with E-state index in [9.17, 15) is 14.0 Å². The minimum Gasteiger partial charge on any atom is -0.381 e. The third kappa shape index (κ3) is 6.30. The number of likely N-dealkylation sites (N-methyl/N-ethyl adjacent to an activating group) is 1. The van der Waals surface area contributed by atoms with Crippen LogP contribution in [-0.4, -0.2) is 144 Å². The quantitative estimate of drug-likeness (QED) is 0.267. The summed E-state index contributed by atoms with van der Waals surface area (Å²) in [6.07, 6.45) is 5.49. The number of rotatable bonds is 5. The van der Waals surface area contributed by atoms with Crippen molar-refractivity contribution in [1.29, 1.82) is 0 Å². The van der Waals surface area contributed by atoms with Crippen LogP contribution in [0.15, 0.2) is 54.9 Å². The molecule has 1 aromatic carbocycles. The molecule has 62 heavy (non-hydrogen) atoms. The average Bonchev–Trinajstić information content (AvgIpc) is 3.97. The van der Waals surface area contributed by atoms with Gasteiger partial charge in [0.05, 0.1) is 47.0 Å². The van der Waals surface area contributed by atoms with Gasteiger partial charge in [-0.05, 0) is 62.9 Å². The van der Waals surface area contributed by atoms with Crippen LogP contribution in [0.1, 0.15) is 31.5 Å². The SMILES string of the molecule is CO[C@H]1CN(C)C(=O)[C@@H]2C[C@@H](CN2c2nc(N3C4C[C@@H]3CN(C3CCOCC3)C4=O)nc3c2cnn3-c2ccc(F)cc2F)Nc2cccc(n2)-c2nccc3nc(C)n(c23)C1. The molecule has 0 radical (unpaired) electrons. The number of hydrogen-bond acceptors (Lipinski definition) is 13. The molecule has 5 fully saturated rings. The molecular formula is C43H45F2N13O4. The highest BCUT2D eigenvalue weighted by Crippen LogP contribution is 2.41. The van der Waals surface area contributed by atoms with Crippen molar-refractivity contribution in [3.8, 4) is 17.1 Å². The summed E-state index contributed by atoms with van der Waals surface area (Å²) in [7, 11) is 3.41. The van der Waals surface area contributed by atoms with Crippen LogP contribution >= 0.6 is 0 Å². The first-order valence-electron chi connectivity index (χ1n) is 21.1. The monoisotopic (exact) mass is 845 g/mol. The summed E-state index contributed by atoms with van der Waals surface area (Å²) in [5.74, 6) is 0.389. The van der Waals surface area contributed by atoms with E-state index in [4.69, 9.17) is 34.4 Å². The summed E-state index contributed by atoms with van der Waals surface area (Å²) >= 11 is 0. The van der Waals surface area contributed by atoms with E-state index in [1.807, 2.05) is 45.9 Å². The maximum Gasteiger partial charge on any atom is 0.245 e. The highest BCUT2D eigenvalue weighted by Gasteiger charge is 2.53. The molecule has 17 nitrogen and oxygen atoms in total. The number of imidazole rings is 1. The van der Waals surface area contributed by atoms with Gasteiger partial charge in [-0.25, -0.2) is 23.4 Å². The molecule has 6 aromatic rings. The second-order valence-electron chi connectivity index (χ2n) is 16.9. The zero-order valence-electron chi connectivity index (χ0n) is 34.5. The number of nitrogens with zero attached hydrogens (tertiary/aromatic N) is 12. The molecular weight excluding hydrogens is 801 g/mol. The lowest BCUT2D eigenvalue weighted by Crippen LogP contribution is -2.73. The van der Waals surface area contributed by atoms with Gasteiger partial charge >= 0.3 is 0 Å². The van der Waals surface area contributed by atoms with E-state index < -0.39 is 29.8 Å². The van der Waals surface area contributed by atoms with Crippen molar-refractivity contribution in [1.82, 2.24) is 49.1 Å². The second kappa shape index (κ2) is 14.9. The molecule has 6 bridgehead atoms. The Balaban J connectivity index is 1.02. The number of ether oxygens (including phenoxy) is 2. The van der Waals surface area contributed by atoms with Crippen LogP contribution in [0.2, 0.25) is 0 Å². The van der Waals surface area contributed by atoms with Crippen molar-refractivity contribution < 1.29 is 27.8 Å². The van der Waals surface area contributed by atoms with Gasteiger partial charge in [-0.15, -0.1) is 0 Å². The van der Waals surface area contributed by atoms with Crippen LogP contribution < -0.4 is 15.1 Å². The standard InChI is InChI=1S/C43H45F2N13O4/c1-23-48-32-9-12-46-37-31-5-4-6-36(50-31)49-25-16-34(41(59)53(2)21-28(61-3)22-54(23)38(32)37)56(19-25)39-29-18-47-58(33-8-7-24(44)15-30(33)45)40(29)52-43(51-39)57-27-17-35(57)42(60)55(20-27)26-10-13-62-14-11-26/h4-9,12,15,18,25-28,34-35H,10-11,13-14,16-17,19-22H2,1-3H3,(H,49,50)/t25-,27+,28-,34-,35?/m0/s1. The molecule has 0 saturated carbocycles. The smallest absolute Gasteiger partial charge is 0.245 e. The number of carbonyl (C=O) groups excluding carboxylic acids is 2. The molecule has 12 rings (SSSR count). The van der Waals surface area contributed by atoms with E-state index in [1.54, 1.807) is 31.5 Å². The number of carbonyl (C=O) groups is 2. The number of piperazine rings is 1. The predicted molar refractivity (Wildman–Crippen MR) is 224 cm³/mol. The Bertz CT molecular complexity index is 2760. The summed E-state index contributed by atoms with van der Waals surface area (Å²) in [6.45, 7) is 4.70. The fourth-order valence-corrected chi connectivity index (χ4v) is 10.1. The summed E-state index contributed by atoms with van der Waals surface area (Å²) in [4.78, 5) is 61.4. The largest absolute Gasteiger partial charge is 0.381 e. The molecule has 1 N–H and O–H groups in total. The zero-order chi connectivity index (χ0) is 42.4. The molecule has 0 aliphatic carbocycles. The molecule has 19 heteroatoms. The van der Waals surface area contributed by atoms with E-state index >= 15 is 4.39 Å². The van der Waals surface area contributed by atoms with Crippen LogP contribution in [0, 0.1) is 18.6 Å². The minimum atomic E-state index is -0.819. The first-order chi connectivity index (χ1) is 30.1. The van der Waals surface area contributed by atoms with Gasteiger partial charge in [0.2, 0.25) is 17.8 Å². The summed E-state index contributed by atoms with van der Waals surface area (Å²) in [5.41, 5.74) is 3.22. The molecule has 0 spiro atoms. The van der Waals surface area contributed by atoms with Gasteiger partial charge in [-0.2, -0.15) is 15.1 Å². The number of hydrogen-bond donors (Lipinski definition) is 1. The van der Waals surface area contributed by atoms with Crippen LogP contribution in [0.4, 0.5) is 26.4 Å². The Morgan fingerprint density at radius 3 is 2.55 bits per heavy atom. The first kappa shape index (κ1) is 38.6. The number of aryl methyl sites for hydroxylation is 1. The maximum absolute atomic E-state index is 15.5. The molecule has 6 aliphatic heterocycles. The Morgan fingerprint density at radius 1 is 0.887 bits per heavy atom. The van der Waals surface area contributed by atoms with Crippen LogP contribution in [0.25, 0.3) is 39.1 Å². The van der Waals surface area contributed by atoms with Crippen molar-refractivity contribution >= 4 is 51.5 Å². The summed E-state index contributed by atoms with van der Waals surface area (Å²) in [6, 6.07) is 9.48. The maximum atomic E-state index is 15.5. The van der Waals surface area contributed by atoms with Crippen molar-refractivity contribution in [3.63, 3.8) is 0 Å². The molecule has 1 unspecified atom stereocenters. The molecule has 2 amide bonds. The van der Waals surface area contributed by atoms with Gasteiger partial charge in [0.1, 0.15) is 46.7 Å². The number of amides is 2. The molecule has 320 valence electrons. The fourth-order valence-electron chi connectivity index (χ4n) is 10.1. The predicted octanol–water partition coefficient (Wildman–Crippen LogP) is 3.72. The third-order valence-electron chi connectivity index (χ3n) is 13.2. The van der Waals surface area contributed by atoms with Gasteiger partial charge in [-0.1, -0.05) is 6.07 Å². The Labute approximate surface area is 354 Å².